The van der Waals surface area contributed by atoms with Crippen LogP contribution in [0.15, 0.2) is 18.2 Å². The van der Waals surface area contributed by atoms with Crippen LogP contribution < -0.4 is 10.5 Å². The van der Waals surface area contributed by atoms with Gasteiger partial charge in [-0.1, -0.05) is 37.0 Å². The fraction of sp³-hybridized carbons (Fsp3) is 0.625. The predicted molar refractivity (Wildman–Crippen MR) is 75.9 cm³/mol. The third kappa shape index (κ3) is 3.49. The Bertz CT molecular complexity index is 381. The molecule has 1 aliphatic rings. The Hall–Kier alpha value is -1.02. The summed E-state index contributed by atoms with van der Waals surface area (Å²) in [6.45, 7) is 4.96. The molecule has 2 heteroatoms. The Morgan fingerprint density at radius 3 is 2.67 bits per heavy atom. The maximum atomic E-state index is 6.01. The van der Waals surface area contributed by atoms with E-state index in [-0.39, 0.29) is 6.04 Å². The van der Waals surface area contributed by atoms with Crippen molar-refractivity contribution in [3.05, 3.63) is 29.3 Å². The van der Waals surface area contributed by atoms with E-state index < -0.39 is 0 Å². The Kier molecular flexibility index (Phi) is 4.65. The molecule has 0 heterocycles. The molecule has 0 amide bonds. The first-order valence-electron chi connectivity index (χ1n) is 7.15. The first-order chi connectivity index (χ1) is 8.66. The molecule has 1 atom stereocenters. The number of ether oxygens (including phenoxy) is 1. The summed E-state index contributed by atoms with van der Waals surface area (Å²) in [7, 11) is 0. The molecular weight excluding hydrogens is 222 g/mol. The van der Waals surface area contributed by atoms with Crippen molar-refractivity contribution in [3.63, 3.8) is 0 Å². The van der Waals surface area contributed by atoms with E-state index in [0.29, 0.717) is 0 Å². The van der Waals surface area contributed by atoms with Gasteiger partial charge < -0.3 is 10.5 Å². The minimum atomic E-state index is 0.0336. The molecule has 2 nitrogen and oxygen atoms in total. The van der Waals surface area contributed by atoms with Crippen LogP contribution in [0.5, 0.6) is 5.75 Å². The summed E-state index contributed by atoms with van der Waals surface area (Å²) in [4.78, 5) is 0. The molecule has 1 saturated carbocycles. The second-order valence-corrected chi connectivity index (χ2v) is 5.64. The molecule has 0 saturated heterocycles. The molecule has 1 unspecified atom stereocenters. The van der Waals surface area contributed by atoms with Crippen LogP contribution in [0.4, 0.5) is 0 Å². The van der Waals surface area contributed by atoms with E-state index in [2.05, 4.69) is 25.1 Å². The molecule has 18 heavy (non-hydrogen) atoms. The molecule has 0 bridgehead atoms. The van der Waals surface area contributed by atoms with Crippen LogP contribution in [-0.4, -0.2) is 6.61 Å². The van der Waals surface area contributed by atoms with Crippen LogP contribution in [0.3, 0.4) is 0 Å². The molecular formula is C16H25NO. The molecule has 2 N–H and O–H groups in total. The highest BCUT2D eigenvalue weighted by Crippen LogP contribution is 2.28. The van der Waals surface area contributed by atoms with Gasteiger partial charge in [0.05, 0.1) is 6.61 Å². The van der Waals surface area contributed by atoms with Crippen molar-refractivity contribution in [2.75, 3.05) is 6.61 Å². The number of hydrogen-bond acceptors (Lipinski definition) is 2. The second kappa shape index (κ2) is 6.24. The van der Waals surface area contributed by atoms with Gasteiger partial charge in [-0.3, -0.25) is 0 Å². The lowest BCUT2D eigenvalue weighted by Gasteiger charge is -2.23. The molecule has 1 aromatic carbocycles. The van der Waals surface area contributed by atoms with Gasteiger partial charge in [-0.25, -0.2) is 0 Å². The third-order valence-electron chi connectivity index (χ3n) is 3.86. The largest absolute Gasteiger partial charge is 0.493 e. The van der Waals surface area contributed by atoms with Crippen LogP contribution in [0.2, 0.25) is 0 Å². The first-order valence-corrected chi connectivity index (χ1v) is 7.15. The van der Waals surface area contributed by atoms with Gasteiger partial charge >= 0.3 is 0 Å². The van der Waals surface area contributed by atoms with E-state index in [9.17, 15) is 0 Å². The van der Waals surface area contributed by atoms with Crippen LogP contribution in [-0.2, 0) is 0 Å². The van der Waals surface area contributed by atoms with Gasteiger partial charge in [-0.05, 0) is 38.7 Å². The van der Waals surface area contributed by atoms with E-state index in [1.165, 1.54) is 37.7 Å². The third-order valence-corrected chi connectivity index (χ3v) is 3.86. The Morgan fingerprint density at radius 2 is 2.00 bits per heavy atom. The number of rotatable bonds is 4. The summed E-state index contributed by atoms with van der Waals surface area (Å²) in [5.41, 5.74) is 8.39. The highest BCUT2D eigenvalue weighted by Gasteiger charge is 2.15. The Morgan fingerprint density at radius 1 is 1.28 bits per heavy atom. The van der Waals surface area contributed by atoms with Gasteiger partial charge in [-0.2, -0.15) is 0 Å². The van der Waals surface area contributed by atoms with Crippen LogP contribution >= 0.6 is 0 Å². The molecule has 0 radical (unpaired) electrons. The van der Waals surface area contributed by atoms with E-state index in [4.69, 9.17) is 10.5 Å². The van der Waals surface area contributed by atoms with Gasteiger partial charge in [0, 0.05) is 11.6 Å². The fourth-order valence-corrected chi connectivity index (χ4v) is 2.72. The average molecular weight is 247 g/mol. The Labute approximate surface area is 111 Å². The van der Waals surface area contributed by atoms with Gasteiger partial charge in [0.1, 0.15) is 5.75 Å². The average Bonchev–Trinajstić information content (AvgIpc) is 2.38. The van der Waals surface area contributed by atoms with Crippen LogP contribution in [0.25, 0.3) is 0 Å². The van der Waals surface area contributed by atoms with Gasteiger partial charge in [-0.15, -0.1) is 0 Å². The minimum Gasteiger partial charge on any atom is -0.493 e. The lowest BCUT2D eigenvalue weighted by molar-refractivity contribution is 0.207. The molecule has 1 fully saturated rings. The maximum Gasteiger partial charge on any atom is 0.124 e. The van der Waals surface area contributed by atoms with Crippen LogP contribution in [0.1, 0.15) is 56.2 Å². The lowest BCUT2D eigenvalue weighted by atomic mass is 9.90. The monoisotopic (exact) mass is 247 g/mol. The van der Waals surface area contributed by atoms with Crippen molar-refractivity contribution >= 4 is 0 Å². The number of nitrogens with two attached hydrogens (primary N) is 1. The summed E-state index contributed by atoms with van der Waals surface area (Å²) in [5.74, 6) is 1.71. The molecule has 2 rings (SSSR count). The molecule has 0 spiro atoms. The highest BCUT2D eigenvalue weighted by atomic mass is 16.5. The first kappa shape index (κ1) is 13.4. The summed E-state index contributed by atoms with van der Waals surface area (Å²) >= 11 is 0. The predicted octanol–water partition coefficient (Wildman–Crippen LogP) is 3.97. The number of benzene rings is 1. The van der Waals surface area contributed by atoms with Crippen molar-refractivity contribution < 1.29 is 4.74 Å². The van der Waals surface area contributed by atoms with Gasteiger partial charge in [0.2, 0.25) is 0 Å². The van der Waals surface area contributed by atoms with Crippen molar-refractivity contribution in [1.82, 2.24) is 0 Å². The number of aryl methyl sites for hydroxylation is 1. The summed E-state index contributed by atoms with van der Waals surface area (Å²) in [6, 6.07) is 6.34. The highest BCUT2D eigenvalue weighted by molar-refractivity contribution is 5.38. The molecule has 1 aliphatic carbocycles. The van der Waals surface area contributed by atoms with E-state index >= 15 is 0 Å². The van der Waals surface area contributed by atoms with Gasteiger partial charge in [0.25, 0.3) is 0 Å². The van der Waals surface area contributed by atoms with Crippen LogP contribution in [0, 0.1) is 12.8 Å². The lowest BCUT2D eigenvalue weighted by Crippen LogP contribution is -2.17. The minimum absolute atomic E-state index is 0.0336. The SMILES string of the molecule is Cc1ccc(OCC2CCCCC2)c(C(C)N)c1. The van der Waals surface area contributed by atoms with E-state index in [1.54, 1.807) is 0 Å². The topological polar surface area (TPSA) is 35.2 Å². The zero-order chi connectivity index (χ0) is 13.0. The quantitative estimate of drug-likeness (QED) is 0.873. The second-order valence-electron chi connectivity index (χ2n) is 5.64. The molecule has 1 aromatic rings. The molecule has 0 aliphatic heterocycles. The van der Waals surface area contributed by atoms with Crippen molar-refractivity contribution in [3.8, 4) is 5.75 Å². The summed E-state index contributed by atoms with van der Waals surface area (Å²) in [6.07, 6.45) is 6.76. The normalized spacial score (nSPS) is 18.6. The zero-order valence-corrected chi connectivity index (χ0v) is 11.6. The van der Waals surface area contributed by atoms with Gasteiger partial charge in [0.15, 0.2) is 0 Å². The van der Waals surface area contributed by atoms with E-state index in [1.807, 2.05) is 6.92 Å². The Balaban J connectivity index is 1.99. The summed E-state index contributed by atoms with van der Waals surface area (Å²) in [5, 5.41) is 0. The van der Waals surface area contributed by atoms with Crippen molar-refractivity contribution in [2.45, 2.75) is 52.0 Å². The van der Waals surface area contributed by atoms with Crippen molar-refractivity contribution in [1.29, 1.82) is 0 Å². The number of hydrogen-bond donors (Lipinski definition) is 1. The van der Waals surface area contributed by atoms with Crippen molar-refractivity contribution in [2.24, 2.45) is 11.7 Å². The standard InChI is InChI=1S/C16H25NO/c1-12-8-9-16(15(10-12)13(2)17)18-11-14-6-4-3-5-7-14/h8-10,13-14H,3-7,11,17H2,1-2H3. The maximum absolute atomic E-state index is 6.01. The summed E-state index contributed by atoms with van der Waals surface area (Å²) < 4.78 is 6.01. The smallest absolute Gasteiger partial charge is 0.124 e. The zero-order valence-electron chi connectivity index (χ0n) is 11.6. The van der Waals surface area contributed by atoms with E-state index in [0.717, 1.165) is 23.8 Å². The molecule has 0 aromatic heterocycles. The molecule has 100 valence electrons. The fourth-order valence-electron chi connectivity index (χ4n) is 2.72.